The predicted molar refractivity (Wildman–Crippen MR) is 60.7 cm³/mol. The number of carbonyl (C=O) groups is 1. The molecule has 0 aliphatic rings. The maximum absolute atomic E-state index is 11.9. The van der Waals surface area contributed by atoms with Gasteiger partial charge >= 0.3 is 5.97 Å². The van der Waals surface area contributed by atoms with Crippen LogP contribution in [0.5, 0.6) is 0 Å². The molecule has 1 atom stereocenters. The van der Waals surface area contributed by atoms with Gasteiger partial charge in [-0.25, -0.2) is 13.2 Å². The third-order valence-electron chi connectivity index (χ3n) is 2.13. The molecule has 0 fully saturated rings. The van der Waals surface area contributed by atoms with Gasteiger partial charge in [0, 0.05) is 0 Å². The van der Waals surface area contributed by atoms with Gasteiger partial charge < -0.3 is 5.11 Å². The van der Waals surface area contributed by atoms with E-state index in [0.717, 1.165) is 6.07 Å². The highest BCUT2D eigenvalue weighted by molar-refractivity contribution is 7.92. The van der Waals surface area contributed by atoms with Crippen molar-refractivity contribution in [3.63, 3.8) is 0 Å². The molecule has 0 radical (unpaired) electrons. The van der Waals surface area contributed by atoms with Crippen LogP contribution in [0.2, 0.25) is 5.02 Å². The van der Waals surface area contributed by atoms with Crippen LogP contribution in [-0.4, -0.2) is 24.7 Å². The van der Waals surface area contributed by atoms with Crippen molar-refractivity contribution in [3.05, 3.63) is 28.8 Å². The first-order valence-electron chi connectivity index (χ1n) is 4.47. The average molecular weight is 274 g/mol. The van der Waals surface area contributed by atoms with Gasteiger partial charge in [0.25, 0.3) is 0 Å². The maximum atomic E-state index is 11.9. The monoisotopic (exact) mass is 273 g/mol. The minimum Gasteiger partial charge on any atom is -0.478 e. The summed E-state index contributed by atoms with van der Waals surface area (Å²) in [7, 11) is -3.93. The number of rotatable bonds is 3. The van der Waals surface area contributed by atoms with Crippen LogP contribution in [0, 0.1) is 11.3 Å². The quantitative estimate of drug-likeness (QED) is 0.905. The second-order valence-corrected chi connectivity index (χ2v) is 5.91. The summed E-state index contributed by atoms with van der Waals surface area (Å²) in [6.07, 6.45) is 0. The average Bonchev–Trinajstić information content (AvgIpc) is 2.27. The topological polar surface area (TPSA) is 95.2 Å². The van der Waals surface area contributed by atoms with Crippen LogP contribution in [0.15, 0.2) is 23.1 Å². The van der Waals surface area contributed by atoms with E-state index in [2.05, 4.69) is 0 Å². The van der Waals surface area contributed by atoms with Crippen LogP contribution < -0.4 is 0 Å². The fourth-order valence-electron chi connectivity index (χ4n) is 1.11. The first-order chi connectivity index (χ1) is 7.80. The first kappa shape index (κ1) is 13.5. The highest BCUT2D eigenvalue weighted by Gasteiger charge is 2.26. The summed E-state index contributed by atoms with van der Waals surface area (Å²) in [5, 5.41) is 16.0. The highest BCUT2D eigenvalue weighted by atomic mass is 35.5. The van der Waals surface area contributed by atoms with E-state index in [0.29, 0.717) is 0 Å². The summed E-state index contributed by atoms with van der Waals surface area (Å²) in [4.78, 5) is 10.4. The SMILES string of the molecule is CC(C#N)S(=O)(=O)c1cc(C(=O)O)ccc1Cl. The summed E-state index contributed by atoms with van der Waals surface area (Å²) < 4.78 is 23.7. The van der Waals surface area contributed by atoms with Gasteiger partial charge in [0.05, 0.1) is 21.6 Å². The van der Waals surface area contributed by atoms with Gasteiger partial charge in [-0.05, 0) is 25.1 Å². The molecule has 0 amide bonds. The lowest BCUT2D eigenvalue weighted by Crippen LogP contribution is -2.17. The van der Waals surface area contributed by atoms with Gasteiger partial charge in [-0.15, -0.1) is 0 Å². The van der Waals surface area contributed by atoms with Crippen LogP contribution in [0.25, 0.3) is 0 Å². The van der Waals surface area contributed by atoms with Gasteiger partial charge in [-0.3, -0.25) is 0 Å². The number of halogens is 1. The summed E-state index contributed by atoms with van der Waals surface area (Å²) in [5.74, 6) is -1.26. The van der Waals surface area contributed by atoms with Crippen molar-refractivity contribution < 1.29 is 18.3 Å². The zero-order chi connectivity index (χ0) is 13.2. The molecule has 0 aromatic heterocycles. The molecule has 0 bridgehead atoms. The van der Waals surface area contributed by atoms with Crippen LogP contribution in [0.4, 0.5) is 0 Å². The fraction of sp³-hybridized carbons (Fsp3) is 0.200. The van der Waals surface area contributed by atoms with Crippen LogP contribution in [0.3, 0.4) is 0 Å². The Kier molecular flexibility index (Phi) is 3.76. The van der Waals surface area contributed by atoms with Crippen molar-refractivity contribution >= 4 is 27.4 Å². The van der Waals surface area contributed by atoms with Crippen molar-refractivity contribution in [2.45, 2.75) is 17.1 Å². The largest absolute Gasteiger partial charge is 0.478 e. The smallest absolute Gasteiger partial charge is 0.335 e. The number of benzene rings is 1. The molecular weight excluding hydrogens is 266 g/mol. The number of carboxylic acid groups (broad SMARTS) is 1. The molecule has 7 heteroatoms. The second-order valence-electron chi connectivity index (χ2n) is 3.27. The zero-order valence-corrected chi connectivity index (χ0v) is 10.3. The molecule has 1 N–H and O–H groups in total. The number of nitrogens with zero attached hydrogens (tertiary/aromatic N) is 1. The molecule has 0 spiro atoms. The van der Waals surface area contributed by atoms with Gasteiger partial charge in [-0.2, -0.15) is 5.26 Å². The number of nitriles is 1. The van der Waals surface area contributed by atoms with Gasteiger partial charge in [0.15, 0.2) is 9.84 Å². The highest BCUT2D eigenvalue weighted by Crippen LogP contribution is 2.26. The Balaban J connectivity index is 3.47. The van der Waals surface area contributed by atoms with Crippen molar-refractivity contribution in [1.29, 1.82) is 5.26 Å². The molecule has 90 valence electrons. The van der Waals surface area contributed by atoms with Crippen molar-refractivity contribution in [1.82, 2.24) is 0 Å². The summed E-state index contributed by atoms with van der Waals surface area (Å²) >= 11 is 5.70. The lowest BCUT2D eigenvalue weighted by molar-refractivity contribution is 0.0696. The van der Waals surface area contributed by atoms with E-state index in [1.54, 1.807) is 6.07 Å². The van der Waals surface area contributed by atoms with E-state index < -0.39 is 21.1 Å². The summed E-state index contributed by atoms with van der Waals surface area (Å²) in [6, 6.07) is 4.92. The molecule has 0 saturated heterocycles. The Labute approximate surface area is 103 Å². The Bertz CT molecular complexity index is 603. The Morgan fingerprint density at radius 1 is 1.53 bits per heavy atom. The number of hydrogen-bond donors (Lipinski definition) is 1. The molecular formula is C10H8ClNO4S. The number of carboxylic acids is 1. The number of hydrogen-bond acceptors (Lipinski definition) is 4. The molecule has 1 aromatic carbocycles. The molecule has 1 aromatic rings. The van der Waals surface area contributed by atoms with Gasteiger partial charge in [0.1, 0.15) is 5.25 Å². The van der Waals surface area contributed by atoms with Crippen molar-refractivity contribution in [3.8, 4) is 6.07 Å². The Morgan fingerprint density at radius 3 is 2.59 bits per heavy atom. The van der Waals surface area contributed by atoms with E-state index in [9.17, 15) is 13.2 Å². The van der Waals surface area contributed by atoms with E-state index in [4.69, 9.17) is 22.0 Å². The second kappa shape index (κ2) is 4.73. The minimum absolute atomic E-state index is 0.0999. The Morgan fingerprint density at radius 2 is 2.12 bits per heavy atom. The molecule has 0 heterocycles. The third kappa shape index (κ3) is 2.57. The first-order valence-corrected chi connectivity index (χ1v) is 6.39. The molecule has 5 nitrogen and oxygen atoms in total. The lowest BCUT2D eigenvalue weighted by Gasteiger charge is -2.08. The maximum Gasteiger partial charge on any atom is 0.335 e. The van der Waals surface area contributed by atoms with E-state index >= 15 is 0 Å². The molecule has 0 aliphatic carbocycles. The number of sulfone groups is 1. The normalized spacial score (nSPS) is 12.8. The Hall–Kier alpha value is -1.58. The summed E-state index contributed by atoms with van der Waals surface area (Å²) in [6.45, 7) is 1.21. The lowest BCUT2D eigenvalue weighted by atomic mass is 10.2. The van der Waals surface area contributed by atoms with Crippen molar-refractivity contribution in [2.24, 2.45) is 0 Å². The van der Waals surface area contributed by atoms with E-state index in [1.165, 1.54) is 19.1 Å². The van der Waals surface area contributed by atoms with Gasteiger partial charge in [-0.1, -0.05) is 11.6 Å². The predicted octanol–water partition coefficient (Wildman–Crippen LogP) is 1.72. The molecule has 0 aliphatic heterocycles. The van der Waals surface area contributed by atoms with Gasteiger partial charge in [0.2, 0.25) is 0 Å². The molecule has 0 saturated carbocycles. The molecule has 1 rings (SSSR count). The van der Waals surface area contributed by atoms with E-state index in [-0.39, 0.29) is 15.5 Å². The molecule has 17 heavy (non-hydrogen) atoms. The molecule has 1 unspecified atom stereocenters. The van der Waals surface area contributed by atoms with Crippen LogP contribution >= 0.6 is 11.6 Å². The summed E-state index contributed by atoms with van der Waals surface area (Å²) in [5.41, 5.74) is -0.196. The minimum atomic E-state index is -3.93. The third-order valence-corrected chi connectivity index (χ3v) is 4.56. The van der Waals surface area contributed by atoms with Crippen molar-refractivity contribution in [2.75, 3.05) is 0 Å². The fourth-order valence-corrected chi connectivity index (χ4v) is 2.71. The zero-order valence-electron chi connectivity index (χ0n) is 8.71. The van der Waals surface area contributed by atoms with E-state index in [1.807, 2.05) is 0 Å². The van der Waals surface area contributed by atoms with Crippen LogP contribution in [0.1, 0.15) is 17.3 Å². The number of aromatic carboxylic acids is 1. The van der Waals surface area contributed by atoms with Crippen LogP contribution in [-0.2, 0) is 9.84 Å². The standard InChI is InChI=1S/C10H8ClNO4S/c1-6(5-12)17(15,16)9-4-7(10(13)14)2-3-8(9)11/h2-4,6H,1H3,(H,13,14).